The highest BCUT2D eigenvalue weighted by atomic mass is 32.1. The summed E-state index contributed by atoms with van der Waals surface area (Å²) in [4.78, 5) is 7.02. The molecule has 0 aliphatic carbocycles. The standard InChI is InChI=1S/C13H24N4S/c1-3-9-17(10-11-7-5-6-8-14-11)13-15-12(4-2)16-18-13/h11,14H,3-10H2,1-2H3. The first-order valence-electron chi connectivity index (χ1n) is 7.14. The summed E-state index contributed by atoms with van der Waals surface area (Å²) in [5.41, 5.74) is 0. The van der Waals surface area contributed by atoms with Crippen molar-refractivity contribution in [3.8, 4) is 0 Å². The molecular weight excluding hydrogens is 244 g/mol. The fraction of sp³-hybridized carbons (Fsp3) is 0.846. The molecule has 2 rings (SSSR count). The third-order valence-electron chi connectivity index (χ3n) is 3.39. The number of hydrogen-bond donors (Lipinski definition) is 1. The van der Waals surface area contributed by atoms with Gasteiger partial charge in [-0.1, -0.05) is 20.3 Å². The highest BCUT2D eigenvalue weighted by molar-refractivity contribution is 7.09. The van der Waals surface area contributed by atoms with Crippen molar-refractivity contribution >= 4 is 16.7 Å². The van der Waals surface area contributed by atoms with Crippen molar-refractivity contribution in [2.45, 2.75) is 52.0 Å². The lowest BCUT2D eigenvalue weighted by atomic mass is 10.0. The lowest BCUT2D eigenvalue weighted by Crippen LogP contribution is -2.44. The van der Waals surface area contributed by atoms with Gasteiger partial charge in [-0.2, -0.15) is 4.37 Å². The van der Waals surface area contributed by atoms with Gasteiger partial charge < -0.3 is 10.2 Å². The molecule has 1 aliphatic rings. The third-order valence-corrected chi connectivity index (χ3v) is 4.21. The fourth-order valence-electron chi connectivity index (χ4n) is 2.40. The molecule has 0 bridgehead atoms. The molecule has 0 radical (unpaired) electrons. The first-order valence-corrected chi connectivity index (χ1v) is 7.91. The lowest BCUT2D eigenvalue weighted by Gasteiger charge is -2.30. The first kappa shape index (κ1) is 13.7. The van der Waals surface area contributed by atoms with E-state index < -0.39 is 0 Å². The summed E-state index contributed by atoms with van der Waals surface area (Å²) in [7, 11) is 0. The number of nitrogens with zero attached hydrogens (tertiary/aromatic N) is 3. The monoisotopic (exact) mass is 268 g/mol. The zero-order valence-electron chi connectivity index (χ0n) is 11.5. The highest BCUT2D eigenvalue weighted by Crippen LogP contribution is 2.19. The largest absolute Gasteiger partial charge is 0.345 e. The van der Waals surface area contributed by atoms with Crippen molar-refractivity contribution in [2.75, 3.05) is 24.5 Å². The van der Waals surface area contributed by atoms with Crippen molar-refractivity contribution < 1.29 is 0 Å². The number of rotatable bonds is 6. The second-order valence-corrected chi connectivity index (χ2v) is 5.67. The molecule has 1 atom stereocenters. The molecule has 4 nitrogen and oxygen atoms in total. The summed E-state index contributed by atoms with van der Waals surface area (Å²) in [6.45, 7) is 7.66. The Morgan fingerprint density at radius 2 is 2.28 bits per heavy atom. The predicted molar refractivity (Wildman–Crippen MR) is 77.4 cm³/mol. The van der Waals surface area contributed by atoms with E-state index in [1.54, 1.807) is 11.5 Å². The smallest absolute Gasteiger partial charge is 0.205 e. The van der Waals surface area contributed by atoms with E-state index in [2.05, 4.69) is 33.4 Å². The van der Waals surface area contributed by atoms with Crippen molar-refractivity contribution in [1.82, 2.24) is 14.7 Å². The number of nitrogens with one attached hydrogen (secondary N) is 1. The quantitative estimate of drug-likeness (QED) is 0.860. The van der Waals surface area contributed by atoms with Crippen molar-refractivity contribution in [2.24, 2.45) is 0 Å². The summed E-state index contributed by atoms with van der Waals surface area (Å²) in [5.74, 6) is 0.979. The maximum atomic E-state index is 4.62. The summed E-state index contributed by atoms with van der Waals surface area (Å²) in [6, 6.07) is 0.624. The van der Waals surface area contributed by atoms with E-state index in [1.165, 1.54) is 25.8 Å². The molecule has 1 aliphatic heterocycles. The van der Waals surface area contributed by atoms with E-state index in [1.807, 2.05) is 0 Å². The topological polar surface area (TPSA) is 41.0 Å². The Kier molecular flexibility index (Phi) is 5.38. The van der Waals surface area contributed by atoms with Gasteiger partial charge in [0.1, 0.15) is 5.82 Å². The average molecular weight is 268 g/mol. The van der Waals surface area contributed by atoms with Crippen LogP contribution in [0.5, 0.6) is 0 Å². The normalized spacial score (nSPS) is 20.0. The molecule has 1 saturated heterocycles. The van der Waals surface area contributed by atoms with Crippen LogP contribution in [0.3, 0.4) is 0 Å². The molecular formula is C13H24N4S. The van der Waals surface area contributed by atoms with Crippen LogP contribution in [0.4, 0.5) is 5.13 Å². The van der Waals surface area contributed by atoms with Gasteiger partial charge in [0.2, 0.25) is 5.13 Å². The molecule has 1 fully saturated rings. The SMILES string of the molecule is CCCN(CC1CCCCN1)c1nc(CC)ns1. The van der Waals surface area contributed by atoms with Gasteiger partial charge in [-0.3, -0.25) is 0 Å². The van der Waals surface area contributed by atoms with E-state index >= 15 is 0 Å². The molecule has 5 heteroatoms. The summed E-state index contributed by atoms with van der Waals surface area (Å²) in [5, 5.41) is 4.71. The van der Waals surface area contributed by atoms with Gasteiger partial charge in [-0.25, -0.2) is 4.98 Å². The van der Waals surface area contributed by atoms with Crippen molar-refractivity contribution in [3.63, 3.8) is 0 Å². The first-order chi connectivity index (χ1) is 8.83. The van der Waals surface area contributed by atoms with E-state index in [0.717, 1.165) is 36.9 Å². The number of hydrogen-bond acceptors (Lipinski definition) is 5. The fourth-order valence-corrected chi connectivity index (χ4v) is 3.18. The van der Waals surface area contributed by atoms with Gasteiger partial charge in [0.25, 0.3) is 0 Å². The van der Waals surface area contributed by atoms with Crippen LogP contribution >= 0.6 is 11.5 Å². The summed E-state index contributed by atoms with van der Waals surface area (Å²) in [6.07, 6.45) is 6.06. The van der Waals surface area contributed by atoms with Crippen LogP contribution in [0, 0.1) is 0 Å². The van der Waals surface area contributed by atoms with Crippen LogP contribution in [0.1, 0.15) is 45.4 Å². The number of aromatic nitrogens is 2. The molecule has 0 saturated carbocycles. The molecule has 1 N–H and O–H groups in total. The van der Waals surface area contributed by atoms with E-state index in [9.17, 15) is 0 Å². The number of aryl methyl sites for hydroxylation is 1. The van der Waals surface area contributed by atoms with Gasteiger partial charge in [0.05, 0.1) is 0 Å². The second kappa shape index (κ2) is 7.04. The zero-order chi connectivity index (χ0) is 12.8. The molecule has 1 aromatic heterocycles. The Morgan fingerprint density at radius 3 is 2.89 bits per heavy atom. The molecule has 0 amide bonds. The summed E-state index contributed by atoms with van der Waals surface area (Å²) < 4.78 is 4.40. The molecule has 0 aromatic carbocycles. The maximum absolute atomic E-state index is 4.62. The van der Waals surface area contributed by atoms with Gasteiger partial charge >= 0.3 is 0 Å². The van der Waals surface area contributed by atoms with E-state index in [-0.39, 0.29) is 0 Å². The van der Waals surface area contributed by atoms with Crippen LogP contribution in [-0.4, -0.2) is 35.0 Å². The molecule has 1 unspecified atom stereocenters. The van der Waals surface area contributed by atoms with Crippen LogP contribution in [0.15, 0.2) is 0 Å². The Balaban J connectivity index is 1.97. The van der Waals surface area contributed by atoms with Crippen LogP contribution < -0.4 is 10.2 Å². The lowest BCUT2D eigenvalue weighted by molar-refractivity contribution is 0.399. The molecule has 0 spiro atoms. The Morgan fingerprint density at radius 1 is 1.39 bits per heavy atom. The van der Waals surface area contributed by atoms with Crippen molar-refractivity contribution in [1.29, 1.82) is 0 Å². The Hall–Kier alpha value is -0.680. The van der Waals surface area contributed by atoms with Gasteiger partial charge in [0, 0.05) is 37.1 Å². The van der Waals surface area contributed by atoms with Gasteiger partial charge in [-0.05, 0) is 25.8 Å². The minimum Gasteiger partial charge on any atom is -0.345 e. The van der Waals surface area contributed by atoms with E-state index in [0.29, 0.717) is 6.04 Å². The van der Waals surface area contributed by atoms with Crippen LogP contribution in [-0.2, 0) is 6.42 Å². The zero-order valence-corrected chi connectivity index (χ0v) is 12.3. The van der Waals surface area contributed by atoms with Gasteiger partial charge in [0.15, 0.2) is 0 Å². The summed E-state index contributed by atoms with van der Waals surface area (Å²) >= 11 is 1.55. The van der Waals surface area contributed by atoms with Crippen LogP contribution in [0.2, 0.25) is 0 Å². The van der Waals surface area contributed by atoms with Gasteiger partial charge in [-0.15, -0.1) is 0 Å². The maximum Gasteiger partial charge on any atom is 0.205 e. The second-order valence-electron chi connectivity index (χ2n) is 4.94. The Bertz CT molecular complexity index is 347. The minimum atomic E-state index is 0.624. The molecule has 2 heterocycles. The number of anilines is 1. The number of piperidine rings is 1. The predicted octanol–water partition coefficient (Wildman–Crippen LogP) is 2.46. The van der Waals surface area contributed by atoms with Crippen molar-refractivity contribution in [3.05, 3.63) is 5.82 Å². The minimum absolute atomic E-state index is 0.624. The molecule has 1 aromatic rings. The molecule has 18 heavy (non-hydrogen) atoms. The molecule has 102 valence electrons. The third kappa shape index (κ3) is 3.65. The van der Waals surface area contributed by atoms with Crippen LogP contribution in [0.25, 0.3) is 0 Å². The van der Waals surface area contributed by atoms with E-state index in [4.69, 9.17) is 0 Å². The average Bonchev–Trinajstić information content (AvgIpc) is 2.88. The Labute approximate surface area is 114 Å². The highest BCUT2D eigenvalue weighted by Gasteiger charge is 2.18.